The minimum absolute atomic E-state index is 0.0818. The highest BCUT2D eigenvalue weighted by molar-refractivity contribution is 7.22. The summed E-state index contributed by atoms with van der Waals surface area (Å²) in [6, 6.07) is 7.39. The van der Waals surface area contributed by atoms with Gasteiger partial charge in [0.1, 0.15) is 11.5 Å². The summed E-state index contributed by atoms with van der Waals surface area (Å²) in [4.78, 5) is 22.0. The molecule has 27 heavy (non-hydrogen) atoms. The highest BCUT2D eigenvalue weighted by Gasteiger charge is 2.25. The van der Waals surface area contributed by atoms with Crippen molar-refractivity contribution in [3.63, 3.8) is 0 Å². The van der Waals surface area contributed by atoms with E-state index in [-0.39, 0.29) is 5.91 Å². The minimum atomic E-state index is -0.0818. The second kappa shape index (κ2) is 8.42. The first kappa shape index (κ1) is 19.9. The molecule has 0 unspecified atom stereocenters. The molecule has 144 valence electrons. The molecule has 1 aromatic carbocycles. The van der Waals surface area contributed by atoms with Gasteiger partial charge in [0.15, 0.2) is 5.13 Å². The van der Waals surface area contributed by atoms with Crippen molar-refractivity contribution in [1.82, 2.24) is 9.88 Å². The van der Waals surface area contributed by atoms with E-state index in [4.69, 9.17) is 16.0 Å². The molecule has 2 heterocycles. The average Bonchev–Trinajstić information content (AvgIpc) is 3.20. The van der Waals surface area contributed by atoms with Crippen LogP contribution in [0.25, 0.3) is 10.2 Å². The number of halogens is 1. The molecule has 2 aromatic heterocycles. The van der Waals surface area contributed by atoms with Crippen LogP contribution in [0.15, 0.2) is 28.7 Å². The summed E-state index contributed by atoms with van der Waals surface area (Å²) in [6.07, 6.45) is 0. The quantitative estimate of drug-likeness (QED) is 0.545. The fourth-order valence-electron chi connectivity index (χ4n) is 3.06. The number of thiazole rings is 1. The largest absolute Gasteiger partial charge is 0.466 e. The highest BCUT2D eigenvalue weighted by Crippen LogP contribution is 2.32. The summed E-state index contributed by atoms with van der Waals surface area (Å²) in [5.41, 5.74) is 1.43. The van der Waals surface area contributed by atoms with Gasteiger partial charge in [-0.05, 0) is 51.2 Å². The molecule has 0 bridgehead atoms. The monoisotopic (exact) mass is 405 g/mol. The smallest absolute Gasteiger partial charge is 0.263 e. The van der Waals surface area contributed by atoms with Crippen LogP contribution >= 0.6 is 22.9 Å². The van der Waals surface area contributed by atoms with E-state index in [0.29, 0.717) is 28.0 Å². The molecule has 0 atom stereocenters. The Morgan fingerprint density at radius 1 is 1.19 bits per heavy atom. The van der Waals surface area contributed by atoms with Crippen LogP contribution < -0.4 is 4.90 Å². The SMILES string of the molecule is CCN(CC)CCN(C(=O)c1cc(C)oc1C)c1nc2ccc(Cl)cc2s1. The lowest BCUT2D eigenvalue weighted by Gasteiger charge is -2.24. The van der Waals surface area contributed by atoms with Crippen LogP contribution in [0.1, 0.15) is 35.7 Å². The van der Waals surface area contributed by atoms with Gasteiger partial charge in [-0.1, -0.05) is 36.8 Å². The van der Waals surface area contributed by atoms with Gasteiger partial charge in [-0.3, -0.25) is 9.69 Å². The number of likely N-dealkylation sites (N-methyl/N-ethyl adjacent to an activating group) is 1. The second-order valence-electron chi connectivity index (χ2n) is 6.42. The van der Waals surface area contributed by atoms with Crippen LogP contribution in [0.2, 0.25) is 5.02 Å². The van der Waals surface area contributed by atoms with Gasteiger partial charge in [0.25, 0.3) is 5.91 Å². The molecule has 3 aromatic rings. The number of rotatable bonds is 7. The van der Waals surface area contributed by atoms with E-state index in [9.17, 15) is 4.79 Å². The molecule has 0 N–H and O–H groups in total. The summed E-state index contributed by atoms with van der Waals surface area (Å²) < 4.78 is 6.54. The number of carbonyl (C=O) groups excluding carboxylic acids is 1. The van der Waals surface area contributed by atoms with Gasteiger partial charge in [-0.25, -0.2) is 4.98 Å². The standard InChI is InChI=1S/C20H24ClN3O2S/c1-5-23(6-2)9-10-24(19(25)16-11-13(3)26-14(16)4)20-22-17-8-7-15(21)12-18(17)27-20/h7-8,11-12H,5-6,9-10H2,1-4H3. The van der Waals surface area contributed by atoms with Crippen molar-refractivity contribution >= 4 is 44.2 Å². The molecule has 1 amide bonds. The zero-order chi connectivity index (χ0) is 19.6. The van der Waals surface area contributed by atoms with Crippen molar-refractivity contribution in [2.24, 2.45) is 0 Å². The first-order valence-corrected chi connectivity index (χ1v) is 10.3. The molecule has 0 saturated heterocycles. The van der Waals surface area contributed by atoms with Crippen LogP contribution in [0.4, 0.5) is 5.13 Å². The van der Waals surface area contributed by atoms with Crippen LogP contribution in [0, 0.1) is 13.8 Å². The Labute approximate surface area is 168 Å². The molecule has 5 nitrogen and oxygen atoms in total. The van der Waals surface area contributed by atoms with E-state index in [1.54, 1.807) is 11.0 Å². The van der Waals surface area contributed by atoms with Crippen LogP contribution in [-0.2, 0) is 0 Å². The maximum Gasteiger partial charge on any atom is 0.263 e. The predicted molar refractivity (Wildman–Crippen MR) is 112 cm³/mol. The van der Waals surface area contributed by atoms with E-state index >= 15 is 0 Å². The summed E-state index contributed by atoms with van der Waals surface area (Å²) in [5.74, 6) is 1.28. The van der Waals surface area contributed by atoms with Gasteiger partial charge in [0.05, 0.1) is 15.8 Å². The Morgan fingerprint density at radius 2 is 1.93 bits per heavy atom. The molecular weight excluding hydrogens is 382 g/mol. The molecule has 0 aliphatic carbocycles. The molecular formula is C20H24ClN3O2S. The lowest BCUT2D eigenvalue weighted by Crippen LogP contribution is -2.39. The Kier molecular flexibility index (Phi) is 6.19. The van der Waals surface area contributed by atoms with Gasteiger partial charge in [-0.15, -0.1) is 0 Å². The van der Waals surface area contributed by atoms with E-state index in [1.165, 1.54) is 11.3 Å². The number of furan rings is 1. The zero-order valence-corrected chi connectivity index (χ0v) is 17.7. The fourth-order valence-corrected chi connectivity index (χ4v) is 4.32. The minimum Gasteiger partial charge on any atom is -0.466 e. The van der Waals surface area contributed by atoms with Crippen LogP contribution in [0.3, 0.4) is 0 Å². The Bertz CT molecular complexity index is 946. The molecule has 0 radical (unpaired) electrons. The molecule has 0 saturated carbocycles. The van der Waals surface area contributed by atoms with Gasteiger partial charge in [0, 0.05) is 18.1 Å². The fraction of sp³-hybridized carbons (Fsp3) is 0.400. The summed E-state index contributed by atoms with van der Waals surface area (Å²) in [5, 5.41) is 1.35. The van der Waals surface area contributed by atoms with Gasteiger partial charge in [-0.2, -0.15) is 0 Å². The lowest BCUT2D eigenvalue weighted by atomic mass is 10.2. The van der Waals surface area contributed by atoms with Crippen molar-refractivity contribution in [2.45, 2.75) is 27.7 Å². The number of benzene rings is 1. The molecule has 3 rings (SSSR count). The Hall–Kier alpha value is -1.89. The number of nitrogens with zero attached hydrogens (tertiary/aromatic N) is 3. The van der Waals surface area contributed by atoms with Gasteiger partial charge in [0.2, 0.25) is 0 Å². The third-order valence-electron chi connectivity index (χ3n) is 4.62. The average molecular weight is 406 g/mol. The Balaban J connectivity index is 1.97. The number of carbonyl (C=O) groups is 1. The van der Waals surface area contributed by atoms with Crippen molar-refractivity contribution in [3.8, 4) is 0 Å². The molecule has 0 aliphatic rings. The summed E-state index contributed by atoms with van der Waals surface area (Å²) in [7, 11) is 0. The number of fused-ring (bicyclic) bond motifs is 1. The van der Waals surface area contributed by atoms with Gasteiger partial charge >= 0.3 is 0 Å². The number of amides is 1. The molecule has 0 fully saturated rings. The predicted octanol–water partition coefficient (Wildman–Crippen LogP) is 5.15. The number of aromatic nitrogens is 1. The summed E-state index contributed by atoms with van der Waals surface area (Å²) >= 11 is 7.59. The summed E-state index contributed by atoms with van der Waals surface area (Å²) in [6.45, 7) is 11.2. The maximum absolute atomic E-state index is 13.3. The number of aryl methyl sites for hydroxylation is 2. The zero-order valence-electron chi connectivity index (χ0n) is 16.1. The first-order chi connectivity index (χ1) is 12.9. The number of hydrogen-bond donors (Lipinski definition) is 0. The molecule has 0 spiro atoms. The van der Waals surface area contributed by atoms with Crippen molar-refractivity contribution in [3.05, 3.63) is 46.4 Å². The van der Waals surface area contributed by atoms with Crippen LogP contribution in [-0.4, -0.2) is 42.0 Å². The third-order valence-corrected chi connectivity index (χ3v) is 5.90. The van der Waals surface area contributed by atoms with E-state index < -0.39 is 0 Å². The van der Waals surface area contributed by atoms with Crippen molar-refractivity contribution < 1.29 is 9.21 Å². The third kappa shape index (κ3) is 4.34. The number of hydrogen-bond acceptors (Lipinski definition) is 5. The lowest BCUT2D eigenvalue weighted by molar-refractivity contribution is 0.0982. The van der Waals surface area contributed by atoms with E-state index in [1.807, 2.05) is 32.0 Å². The molecule has 7 heteroatoms. The molecule has 0 aliphatic heterocycles. The highest BCUT2D eigenvalue weighted by atomic mass is 35.5. The second-order valence-corrected chi connectivity index (χ2v) is 7.86. The maximum atomic E-state index is 13.3. The van der Waals surface area contributed by atoms with E-state index in [2.05, 4.69) is 23.7 Å². The van der Waals surface area contributed by atoms with Crippen molar-refractivity contribution in [2.75, 3.05) is 31.1 Å². The van der Waals surface area contributed by atoms with Crippen molar-refractivity contribution in [1.29, 1.82) is 0 Å². The normalized spacial score (nSPS) is 11.5. The first-order valence-electron chi connectivity index (χ1n) is 9.10. The van der Waals surface area contributed by atoms with E-state index in [0.717, 1.165) is 35.6 Å². The Morgan fingerprint density at radius 3 is 2.56 bits per heavy atom. The van der Waals surface area contributed by atoms with Gasteiger partial charge < -0.3 is 9.32 Å². The number of anilines is 1. The van der Waals surface area contributed by atoms with Crippen LogP contribution in [0.5, 0.6) is 0 Å². The topological polar surface area (TPSA) is 49.6 Å².